The van der Waals surface area contributed by atoms with E-state index in [1.54, 1.807) is 26.2 Å². The van der Waals surface area contributed by atoms with Crippen LogP contribution in [-0.4, -0.2) is 54.2 Å². The lowest BCUT2D eigenvalue weighted by Crippen LogP contribution is -2.48. The Balaban J connectivity index is 1.39. The van der Waals surface area contributed by atoms with Crippen LogP contribution in [0.2, 0.25) is 0 Å². The third kappa shape index (κ3) is 4.37. The second-order valence-corrected chi connectivity index (χ2v) is 6.99. The fourth-order valence-electron chi connectivity index (χ4n) is 3.44. The summed E-state index contributed by atoms with van der Waals surface area (Å²) in [6.45, 7) is 4.69. The molecule has 0 radical (unpaired) electrons. The van der Waals surface area contributed by atoms with E-state index in [1.807, 2.05) is 41.3 Å². The van der Waals surface area contributed by atoms with Gasteiger partial charge in [-0.2, -0.15) is 4.98 Å². The minimum Gasteiger partial charge on any atom is -0.497 e. The molecular weight excluding hydrogens is 384 g/mol. The number of carbonyl (C=O) groups excluding carboxylic acids is 1. The van der Waals surface area contributed by atoms with Crippen LogP contribution in [0.4, 0.5) is 5.69 Å². The molecule has 0 spiro atoms. The number of anilines is 1. The number of amides is 1. The van der Waals surface area contributed by atoms with E-state index in [-0.39, 0.29) is 12.5 Å². The number of nitrogens with zero attached hydrogens (tertiary/aromatic N) is 4. The summed E-state index contributed by atoms with van der Waals surface area (Å²) in [6, 6.07) is 15.2. The number of rotatable bonds is 6. The highest BCUT2D eigenvalue weighted by Gasteiger charge is 2.24. The topological polar surface area (TPSA) is 80.9 Å². The highest BCUT2D eigenvalue weighted by molar-refractivity contribution is 5.97. The first kappa shape index (κ1) is 19.8. The van der Waals surface area contributed by atoms with Crippen LogP contribution in [0.5, 0.6) is 11.5 Å². The van der Waals surface area contributed by atoms with E-state index in [0.717, 1.165) is 24.5 Å². The average molecular weight is 408 g/mol. The molecule has 0 saturated carbocycles. The molecule has 0 atom stereocenters. The van der Waals surface area contributed by atoms with Gasteiger partial charge in [-0.15, -0.1) is 0 Å². The number of aromatic nitrogens is 2. The molecule has 8 heteroatoms. The van der Waals surface area contributed by atoms with Crippen molar-refractivity contribution in [2.45, 2.75) is 13.5 Å². The summed E-state index contributed by atoms with van der Waals surface area (Å²) in [4.78, 5) is 21.4. The number of hydrogen-bond donors (Lipinski definition) is 0. The molecule has 2 aromatic carbocycles. The van der Waals surface area contributed by atoms with Crippen molar-refractivity contribution in [2.24, 2.45) is 0 Å². The molecule has 1 aliphatic heterocycles. The third-order valence-electron chi connectivity index (χ3n) is 5.05. The maximum Gasteiger partial charge on any atom is 0.257 e. The Bertz CT molecular complexity index is 994. The summed E-state index contributed by atoms with van der Waals surface area (Å²) in [5, 5.41) is 3.82. The average Bonchev–Trinajstić information content (AvgIpc) is 3.22. The second kappa shape index (κ2) is 8.86. The van der Waals surface area contributed by atoms with Crippen molar-refractivity contribution < 1.29 is 18.8 Å². The van der Waals surface area contributed by atoms with E-state index >= 15 is 0 Å². The van der Waals surface area contributed by atoms with Gasteiger partial charge in [0, 0.05) is 38.8 Å². The molecule has 1 saturated heterocycles. The second-order valence-electron chi connectivity index (χ2n) is 6.99. The van der Waals surface area contributed by atoms with Crippen molar-refractivity contribution in [3.8, 4) is 11.5 Å². The Morgan fingerprint density at radius 3 is 2.47 bits per heavy atom. The van der Waals surface area contributed by atoms with E-state index in [9.17, 15) is 4.79 Å². The van der Waals surface area contributed by atoms with Gasteiger partial charge < -0.3 is 23.8 Å². The van der Waals surface area contributed by atoms with Crippen LogP contribution in [-0.2, 0) is 6.61 Å². The van der Waals surface area contributed by atoms with Gasteiger partial charge in [0.25, 0.3) is 5.91 Å². The van der Waals surface area contributed by atoms with Gasteiger partial charge in [-0.3, -0.25) is 4.79 Å². The van der Waals surface area contributed by atoms with E-state index in [4.69, 9.17) is 14.0 Å². The first-order chi connectivity index (χ1) is 14.6. The highest BCUT2D eigenvalue weighted by Crippen LogP contribution is 2.24. The Hall–Kier alpha value is -3.55. The van der Waals surface area contributed by atoms with Crippen LogP contribution in [0.15, 0.2) is 53.1 Å². The molecule has 0 unspecified atom stereocenters. The molecule has 1 fully saturated rings. The zero-order valence-electron chi connectivity index (χ0n) is 17.1. The maximum atomic E-state index is 13.1. The maximum absolute atomic E-state index is 13.1. The summed E-state index contributed by atoms with van der Waals surface area (Å²) in [6.07, 6.45) is 0. The van der Waals surface area contributed by atoms with E-state index in [0.29, 0.717) is 36.1 Å². The van der Waals surface area contributed by atoms with Gasteiger partial charge in [0.1, 0.15) is 11.5 Å². The minimum absolute atomic E-state index is 0.0377. The van der Waals surface area contributed by atoms with Crippen molar-refractivity contribution in [1.82, 2.24) is 15.0 Å². The standard InChI is InChI=1S/C22H24N4O4/c1-16-23-21(24-30-16)15-29-20-6-4-3-5-19(20)22(27)26-13-11-25(12-14-26)17-7-9-18(28-2)10-8-17/h3-10H,11-15H2,1-2H3. The lowest BCUT2D eigenvalue weighted by molar-refractivity contribution is 0.0741. The first-order valence-corrected chi connectivity index (χ1v) is 9.83. The number of hydrogen-bond acceptors (Lipinski definition) is 7. The predicted molar refractivity (Wildman–Crippen MR) is 111 cm³/mol. The van der Waals surface area contributed by atoms with Crippen LogP contribution in [0, 0.1) is 6.92 Å². The molecule has 156 valence electrons. The first-order valence-electron chi connectivity index (χ1n) is 9.83. The predicted octanol–water partition coefficient (Wildman–Crippen LogP) is 2.93. The Morgan fingerprint density at radius 2 is 1.80 bits per heavy atom. The van der Waals surface area contributed by atoms with Gasteiger partial charge >= 0.3 is 0 Å². The monoisotopic (exact) mass is 408 g/mol. The number of para-hydroxylation sites is 1. The van der Waals surface area contributed by atoms with Crippen molar-refractivity contribution in [2.75, 3.05) is 38.2 Å². The van der Waals surface area contributed by atoms with Crippen molar-refractivity contribution in [3.05, 3.63) is 65.8 Å². The molecule has 8 nitrogen and oxygen atoms in total. The van der Waals surface area contributed by atoms with Crippen molar-refractivity contribution in [1.29, 1.82) is 0 Å². The molecule has 3 aromatic rings. The molecule has 0 aliphatic carbocycles. The van der Waals surface area contributed by atoms with Gasteiger partial charge in [-0.25, -0.2) is 0 Å². The van der Waals surface area contributed by atoms with Crippen LogP contribution >= 0.6 is 0 Å². The summed E-state index contributed by atoms with van der Waals surface area (Å²) < 4.78 is 16.0. The van der Waals surface area contributed by atoms with Gasteiger partial charge in [-0.05, 0) is 36.4 Å². The lowest BCUT2D eigenvalue weighted by Gasteiger charge is -2.36. The van der Waals surface area contributed by atoms with Gasteiger partial charge in [0.05, 0.1) is 12.7 Å². The quantitative estimate of drug-likeness (QED) is 0.620. The van der Waals surface area contributed by atoms with Crippen LogP contribution in [0.1, 0.15) is 22.1 Å². The third-order valence-corrected chi connectivity index (χ3v) is 5.05. The van der Waals surface area contributed by atoms with Crippen molar-refractivity contribution >= 4 is 11.6 Å². The van der Waals surface area contributed by atoms with Gasteiger partial charge in [0.15, 0.2) is 6.61 Å². The number of methoxy groups -OCH3 is 1. The normalized spacial score (nSPS) is 13.9. The minimum atomic E-state index is -0.0377. The summed E-state index contributed by atoms with van der Waals surface area (Å²) >= 11 is 0. The highest BCUT2D eigenvalue weighted by atomic mass is 16.5. The number of aryl methyl sites for hydroxylation is 1. The van der Waals surface area contributed by atoms with E-state index in [1.165, 1.54) is 0 Å². The van der Waals surface area contributed by atoms with E-state index < -0.39 is 0 Å². The number of benzene rings is 2. The molecule has 0 N–H and O–H groups in total. The van der Waals surface area contributed by atoms with Crippen molar-refractivity contribution in [3.63, 3.8) is 0 Å². The van der Waals surface area contributed by atoms with Crippen LogP contribution in [0.3, 0.4) is 0 Å². The molecule has 4 rings (SSSR count). The Labute approximate surface area is 175 Å². The largest absolute Gasteiger partial charge is 0.497 e. The molecular formula is C22H24N4O4. The lowest BCUT2D eigenvalue weighted by atomic mass is 10.1. The number of carbonyl (C=O) groups is 1. The number of piperazine rings is 1. The Morgan fingerprint density at radius 1 is 1.07 bits per heavy atom. The zero-order chi connectivity index (χ0) is 20.9. The molecule has 1 aliphatic rings. The number of ether oxygens (including phenoxy) is 2. The molecule has 30 heavy (non-hydrogen) atoms. The van der Waals surface area contributed by atoms with E-state index in [2.05, 4.69) is 15.0 Å². The van der Waals surface area contributed by atoms with Gasteiger partial charge in [0.2, 0.25) is 11.7 Å². The molecule has 1 amide bonds. The Kier molecular flexibility index (Phi) is 5.83. The molecule has 2 heterocycles. The summed E-state index contributed by atoms with van der Waals surface area (Å²) in [5.74, 6) is 2.24. The fourth-order valence-corrected chi connectivity index (χ4v) is 3.44. The fraction of sp³-hybridized carbons (Fsp3) is 0.318. The SMILES string of the molecule is COc1ccc(N2CCN(C(=O)c3ccccc3OCc3noc(C)n3)CC2)cc1. The van der Waals surface area contributed by atoms with Crippen LogP contribution in [0.25, 0.3) is 0 Å². The van der Waals surface area contributed by atoms with Crippen LogP contribution < -0.4 is 14.4 Å². The molecule has 1 aromatic heterocycles. The smallest absolute Gasteiger partial charge is 0.257 e. The summed E-state index contributed by atoms with van der Waals surface area (Å²) in [5.41, 5.74) is 1.66. The summed E-state index contributed by atoms with van der Waals surface area (Å²) in [7, 11) is 1.66. The molecule has 0 bridgehead atoms. The van der Waals surface area contributed by atoms with Gasteiger partial charge in [-0.1, -0.05) is 17.3 Å². The zero-order valence-corrected chi connectivity index (χ0v) is 17.1.